The second kappa shape index (κ2) is 6.34. The molecule has 1 aliphatic rings. The molecule has 0 spiro atoms. The highest BCUT2D eigenvalue weighted by Gasteiger charge is 2.31. The van der Waals surface area contributed by atoms with Crippen LogP contribution in [0.2, 0.25) is 0 Å². The summed E-state index contributed by atoms with van der Waals surface area (Å²) in [6.45, 7) is 2.83. The highest BCUT2D eigenvalue weighted by atomic mass is 19.1. The van der Waals surface area contributed by atoms with Crippen molar-refractivity contribution < 1.29 is 14.1 Å². The zero-order valence-corrected chi connectivity index (χ0v) is 12.7. The number of rotatable bonds is 3. The van der Waals surface area contributed by atoms with Gasteiger partial charge in [-0.15, -0.1) is 0 Å². The lowest BCUT2D eigenvalue weighted by atomic mass is 10.1. The summed E-state index contributed by atoms with van der Waals surface area (Å²) in [5.74, 6) is -0.817. The number of para-hydroxylation sites is 1. The van der Waals surface area contributed by atoms with Gasteiger partial charge in [-0.05, 0) is 24.6 Å². The molecule has 0 amide bonds. The van der Waals surface area contributed by atoms with Crippen molar-refractivity contribution in [1.29, 1.82) is 0 Å². The van der Waals surface area contributed by atoms with Crippen molar-refractivity contribution in [2.75, 3.05) is 18.0 Å². The van der Waals surface area contributed by atoms with E-state index in [0.29, 0.717) is 18.8 Å². The number of ether oxygens (including phenoxy) is 1. The van der Waals surface area contributed by atoms with Crippen molar-refractivity contribution >= 4 is 11.4 Å². The summed E-state index contributed by atoms with van der Waals surface area (Å²) in [4.78, 5) is 12.4. The van der Waals surface area contributed by atoms with E-state index in [1.54, 1.807) is 6.07 Å². The zero-order chi connectivity index (χ0) is 16.4. The van der Waals surface area contributed by atoms with E-state index in [4.69, 9.17) is 4.74 Å². The highest BCUT2D eigenvalue weighted by molar-refractivity contribution is 5.64. The Hall–Kier alpha value is -2.47. The lowest BCUT2D eigenvalue weighted by Gasteiger charge is -2.38. The first-order valence-electron chi connectivity index (χ1n) is 7.44. The Morgan fingerprint density at radius 1 is 1.17 bits per heavy atom. The molecule has 120 valence electrons. The molecule has 0 radical (unpaired) electrons. The molecule has 2 unspecified atom stereocenters. The minimum absolute atomic E-state index is 0.114. The zero-order valence-electron chi connectivity index (χ0n) is 12.7. The molecule has 0 bridgehead atoms. The van der Waals surface area contributed by atoms with Gasteiger partial charge in [-0.25, -0.2) is 0 Å². The van der Waals surface area contributed by atoms with Gasteiger partial charge in [0.15, 0.2) is 0 Å². The Balaban J connectivity index is 1.94. The Morgan fingerprint density at radius 3 is 2.61 bits per heavy atom. The predicted octanol–water partition coefficient (Wildman–Crippen LogP) is 3.70. The summed E-state index contributed by atoms with van der Waals surface area (Å²) < 4.78 is 19.8. The summed E-state index contributed by atoms with van der Waals surface area (Å²) in [7, 11) is 0. The molecule has 23 heavy (non-hydrogen) atoms. The van der Waals surface area contributed by atoms with E-state index < -0.39 is 16.4 Å². The Kier molecular flexibility index (Phi) is 4.25. The Bertz CT molecular complexity index is 708. The van der Waals surface area contributed by atoms with E-state index in [-0.39, 0.29) is 12.2 Å². The van der Waals surface area contributed by atoms with Gasteiger partial charge in [0, 0.05) is 13.1 Å². The van der Waals surface area contributed by atoms with Crippen LogP contribution in [-0.2, 0) is 4.74 Å². The number of halogens is 1. The summed E-state index contributed by atoms with van der Waals surface area (Å²) >= 11 is 0. The SMILES string of the molecule is CC1CN(c2cccc(F)c2[N+](=O)[O-])CC(c2ccccc2)O1. The van der Waals surface area contributed by atoms with Gasteiger partial charge in [-0.3, -0.25) is 10.1 Å². The summed E-state index contributed by atoms with van der Waals surface area (Å²) in [5.41, 5.74) is 0.822. The number of hydrogen-bond acceptors (Lipinski definition) is 4. The third-order valence-electron chi connectivity index (χ3n) is 3.92. The number of morpholine rings is 1. The maximum Gasteiger partial charge on any atom is 0.327 e. The van der Waals surface area contributed by atoms with Gasteiger partial charge in [0.25, 0.3) is 0 Å². The summed E-state index contributed by atoms with van der Waals surface area (Å²) in [6.07, 6.45) is -0.320. The largest absolute Gasteiger partial charge is 0.367 e. The molecule has 5 nitrogen and oxygen atoms in total. The average Bonchev–Trinajstić information content (AvgIpc) is 2.54. The van der Waals surface area contributed by atoms with E-state index in [9.17, 15) is 14.5 Å². The number of anilines is 1. The Morgan fingerprint density at radius 2 is 1.91 bits per heavy atom. The van der Waals surface area contributed by atoms with E-state index in [1.807, 2.05) is 42.2 Å². The molecule has 0 aliphatic carbocycles. The maximum absolute atomic E-state index is 13.9. The number of benzene rings is 2. The summed E-state index contributed by atoms with van der Waals surface area (Å²) in [6, 6.07) is 13.9. The van der Waals surface area contributed by atoms with Crippen LogP contribution >= 0.6 is 0 Å². The molecule has 2 atom stereocenters. The van der Waals surface area contributed by atoms with Gasteiger partial charge >= 0.3 is 5.69 Å². The first-order valence-corrected chi connectivity index (χ1v) is 7.44. The van der Waals surface area contributed by atoms with Gasteiger partial charge in [0.1, 0.15) is 11.8 Å². The minimum atomic E-state index is -0.817. The van der Waals surface area contributed by atoms with Crippen molar-refractivity contribution in [2.24, 2.45) is 0 Å². The fourth-order valence-electron chi connectivity index (χ4n) is 2.94. The number of nitrogens with zero attached hydrogens (tertiary/aromatic N) is 2. The lowest BCUT2D eigenvalue weighted by Crippen LogP contribution is -2.43. The van der Waals surface area contributed by atoms with Crippen LogP contribution in [0.25, 0.3) is 0 Å². The number of nitro benzene ring substituents is 1. The van der Waals surface area contributed by atoms with Crippen LogP contribution in [0.3, 0.4) is 0 Å². The first kappa shape index (κ1) is 15.4. The fourth-order valence-corrected chi connectivity index (χ4v) is 2.94. The monoisotopic (exact) mass is 316 g/mol. The topological polar surface area (TPSA) is 55.6 Å². The third-order valence-corrected chi connectivity index (χ3v) is 3.92. The highest BCUT2D eigenvalue weighted by Crippen LogP contribution is 2.35. The lowest BCUT2D eigenvalue weighted by molar-refractivity contribution is -0.386. The second-order valence-corrected chi connectivity index (χ2v) is 5.62. The van der Waals surface area contributed by atoms with E-state index in [1.165, 1.54) is 6.07 Å². The molecule has 2 aromatic rings. The van der Waals surface area contributed by atoms with Gasteiger partial charge in [0.2, 0.25) is 5.82 Å². The third kappa shape index (κ3) is 3.17. The van der Waals surface area contributed by atoms with Crippen molar-refractivity contribution in [2.45, 2.75) is 19.1 Å². The molecule has 2 aromatic carbocycles. The molecular weight excluding hydrogens is 299 g/mol. The number of nitro groups is 1. The first-order chi connectivity index (χ1) is 11.1. The van der Waals surface area contributed by atoms with Gasteiger partial charge < -0.3 is 9.64 Å². The Labute approximate surface area is 133 Å². The fraction of sp³-hybridized carbons (Fsp3) is 0.294. The van der Waals surface area contributed by atoms with Crippen LogP contribution in [0.5, 0.6) is 0 Å². The summed E-state index contributed by atoms with van der Waals surface area (Å²) in [5, 5.41) is 11.2. The van der Waals surface area contributed by atoms with Crippen molar-refractivity contribution in [3.05, 3.63) is 70.0 Å². The van der Waals surface area contributed by atoms with E-state index in [2.05, 4.69) is 0 Å². The van der Waals surface area contributed by atoms with Crippen LogP contribution in [0.15, 0.2) is 48.5 Å². The normalized spacial score (nSPS) is 21.2. The van der Waals surface area contributed by atoms with Crippen molar-refractivity contribution in [3.63, 3.8) is 0 Å². The predicted molar refractivity (Wildman–Crippen MR) is 85.0 cm³/mol. The average molecular weight is 316 g/mol. The molecule has 1 saturated heterocycles. The van der Waals surface area contributed by atoms with Gasteiger partial charge in [-0.2, -0.15) is 4.39 Å². The quantitative estimate of drug-likeness (QED) is 0.640. The molecule has 6 heteroatoms. The van der Waals surface area contributed by atoms with Crippen LogP contribution in [0, 0.1) is 15.9 Å². The van der Waals surface area contributed by atoms with Crippen LogP contribution in [0.4, 0.5) is 15.8 Å². The standard InChI is InChI=1S/C17H17FN2O3/c1-12-10-19(11-16(23-12)13-6-3-2-4-7-13)15-9-5-8-14(18)17(15)20(21)22/h2-9,12,16H,10-11H2,1H3. The molecule has 1 fully saturated rings. The minimum Gasteiger partial charge on any atom is -0.367 e. The molecule has 0 aromatic heterocycles. The molecule has 1 heterocycles. The van der Waals surface area contributed by atoms with Gasteiger partial charge in [-0.1, -0.05) is 36.4 Å². The van der Waals surface area contributed by atoms with Crippen LogP contribution < -0.4 is 4.90 Å². The van der Waals surface area contributed by atoms with Gasteiger partial charge in [0.05, 0.1) is 11.0 Å². The molecule has 3 rings (SSSR count). The van der Waals surface area contributed by atoms with Crippen LogP contribution in [0.1, 0.15) is 18.6 Å². The molecule has 0 N–H and O–H groups in total. The van der Waals surface area contributed by atoms with Crippen LogP contribution in [-0.4, -0.2) is 24.1 Å². The van der Waals surface area contributed by atoms with E-state index >= 15 is 0 Å². The molecule has 0 saturated carbocycles. The second-order valence-electron chi connectivity index (χ2n) is 5.62. The maximum atomic E-state index is 13.9. The molecular formula is C17H17FN2O3. The number of hydrogen-bond donors (Lipinski definition) is 0. The molecule has 1 aliphatic heterocycles. The smallest absolute Gasteiger partial charge is 0.327 e. The van der Waals surface area contributed by atoms with Crippen molar-refractivity contribution in [1.82, 2.24) is 0 Å². The van der Waals surface area contributed by atoms with Crippen molar-refractivity contribution in [3.8, 4) is 0 Å². The van der Waals surface area contributed by atoms with E-state index in [0.717, 1.165) is 11.6 Å².